The zero-order valence-corrected chi connectivity index (χ0v) is 10.5. The van der Waals surface area contributed by atoms with Crippen molar-refractivity contribution in [2.24, 2.45) is 23.2 Å². The van der Waals surface area contributed by atoms with Gasteiger partial charge in [0.1, 0.15) is 5.78 Å². The van der Waals surface area contributed by atoms with Crippen molar-refractivity contribution in [2.75, 3.05) is 5.75 Å². The number of carbonyl (C=O) groups is 1. The molecule has 1 N–H and O–H groups in total. The summed E-state index contributed by atoms with van der Waals surface area (Å²) < 4.78 is 31.2. The molecule has 0 aliphatic heterocycles. The van der Waals surface area contributed by atoms with E-state index in [0.717, 1.165) is 6.42 Å². The summed E-state index contributed by atoms with van der Waals surface area (Å²) in [4.78, 5) is 12.0. The molecule has 0 radical (unpaired) electrons. The van der Waals surface area contributed by atoms with Gasteiger partial charge in [0, 0.05) is 11.8 Å². The Balaban J connectivity index is 2.38. The highest BCUT2D eigenvalue weighted by Gasteiger charge is 2.61. The van der Waals surface area contributed by atoms with Crippen LogP contribution in [0.2, 0.25) is 0 Å². The molecule has 16 heavy (non-hydrogen) atoms. The first-order chi connectivity index (χ1) is 7.26. The maximum atomic E-state index is 12.0. The van der Waals surface area contributed by atoms with Crippen molar-refractivity contribution in [1.29, 1.82) is 0 Å². The first-order valence-corrected chi connectivity index (χ1v) is 7.36. The molecule has 0 saturated heterocycles. The monoisotopic (exact) mass is 246 g/mol. The Morgan fingerprint density at radius 1 is 1.50 bits per heavy atom. The minimum atomic E-state index is -4.07. The van der Waals surface area contributed by atoms with E-state index in [9.17, 15) is 13.2 Å². The number of hydrogen-bond donors (Lipinski definition) is 1. The molecule has 0 aromatic heterocycles. The van der Waals surface area contributed by atoms with Crippen molar-refractivity contribution in [1.82, 2.24) is 0 Å². The molecule has 2 bridgehead atoms. The van der Waals surface area contributed by atoms with Gasteiger partial charge in [-0.2, -0.15) is 8.42 Å². The Kier molecular flexibility index (Phi) is 2.66. The van der Waals surface area contributed by atoms with Crippen LogP contribution in [-0.4, -0.2) is 24.5 Å². The van der Waals surface area contributed by atoms with Gasteiger partial charge in [0.15, 0.2) is 0 Å². The van der Waals surface area contributed by atoms with Gasteiger partial charge in [0.25, 0.3) is 10.1 Å². The molecule has 2 rings (SSSR count). The van der Waals surface area contributed by atoms with Gasteiger partial charge in [0.2, 0.25) is 0 Å². The molecule has 3 atom stereocenters. The topological polar surface area (TPSA) is 71.4 Å². The van der Waals surface area contributed by atoms with E-state index in [1.165, 1.54) is 0 Å². The SMILES string of the molecule is CC(C)C1C2CC[C@]1(CS(=O)(=O)O)C(=O)C2. The standard InChI is InChI=1S/C11H18O4S/c1-7(2)10-8-3-4-11(10,9(12)5-8)6-16(13,14)15/h7-8,10H,3-6H2,1-2H3,(H,13,14,15)/t8?,10?,11-/m0/s1. The molecule has 92 valence electrons. The van der Waals surface area contributed by atoms with Gasteiger partial charge in [0.05, 0.1) is 5.75 Å². The van der Waals surface area contributed by atoms with Gasteiger partial charge < -0.3 is 0 Å². The lowest BCUT2D eigenvalue weighted by molar-refractivity contribution is -0.127. The minimum absolute atomic E-state index is 0.0417. The second kappa shape index (κ2) is 3.53. The van der Waals surface area contributed by atoms with Crippen LogP contribution in [-0.2, 0) is 14.9 Å². The number of Topliss-reactive ketones (excluding diaryl/α,β-unsaturated/α-hetero) is 1. The van der Waals surface area contributed by atoms with E-state index in [2.05, 4.69) is 0 Å². The van der Waals surface area contributed by atoms with Crippen LogP contribution in [0.25, 0.3) is 0 Å². The fraction of sp³-hybridized carbons (Fsp3) is 0.909. The fourth-order valence-corrected chi connectivity index (χ4v) is 5.14. The average molecular weight is 246 g/mol. The Morgan fingerprint density at radius 2 is 2.12 bits per heavy atom. The quantitative estimate of drug-likeness (QED) is 0.766. The normalized spacial score (nSPS) is 38.6. The molecule has 2 saturated carbocycles. The number of ketones is 1. The van der Waals surface area contributed by atoms with Crippen molar-refractivity contribution in [3.63, 3.8) is 0 Å². The van der Waals surface area contributed by atoms with Crippen molar-refractivity contribution in [3.05, 3.63) is 0 Å². The van der Waals surface area contributed by atoms with Crippen molar-refractivity contribution >= 4 is 15.9 Å². The van der Waals surface area contributed by atoms with E-state index >= 15 is 0 Å². The Hall–Kier alpha value is -0.420. The number of hydrogen-bond acceptors (Lipinski definition) is 3. The van der Waals surface area contributed by atoms with Crippen LogP contribution in [0, 0.1) is 23.2 Å². The highest BCUT2D eigenvalue weighted by Crippen LogP contribution is 2.59. The van der Waals surface area contributed by atoms with Crippen LogP contribution >= 0.6 is 0 Å². The van der Waals surface area contributed by atoms with Crippen LogP contribution in [0.1, 0.15) is 33.1 Å². The van der Waals surface area contributed by atoms with Crippen LogP contribution in [0.15, 0.2) is 0 Å². The molecule has 0 heterocycles. The molecule has 2 aliphatic carbocycles. The summed E-state index contributed by atoms with van der Waals surface area (Å²) in [6.45, 7) is 4.06. The third kappa shape index (κ3) is 1.70. The molecule has 0 spiro atoms. The van der Waals surface area contributed by atoms with Gasteiger partial charge in [-0.15, -0.1) is 0 Å². The lowest BCUT2D eigenvalue weighted by Gasteiger charge is -2.31. The second-order valence-corrected chi connectivity index (χ2v) is 7.03. The summed E-state index contributed by atoms with van der Waals surface area (Å²) in [6.07, 6.45) is 2.04. The Bertz CT molecular complexity index is 412. The smallest absolute Gasteiger partial charge is 0.265 e. The summed E-state index contributed by atoms with van der Waals surface area (Å²) in [5.41, 5.74) is -0.785. The lowest BCUT2D eigenvalue weighted by Crippen LogP contribution is -2.39. The maximum absolute atomic E-state index is 12.0. The predicted octanol–water partition coefficient (Wildman–Crippen LogP) is 1.52. The predicted molar refractivity (Wildman–Crippen MR) is 59.5 cm³/mol. The minimum Gasteiger partial charge on any atom is -0.299 e. The highest BCUT2D eigenvalue weighted by atomic mass is 32.2. The largest absolute Gasteiger partial charge is 0.299 e. The van der Waals surface area contributed by atoms with Crippen LogP contribution in [0.3, 0.4) is 0 Å². The number of fused-ring (bicyclic) bond motifs is 2. The average Bonchev–Trinajstić information content (AvgIpc) is 2.52. The zero-order chi connectivity index (χ0) is 12.1. The second-order valence-electron chi connectivity index (χ2n) is 5.58. The molecule has 0 aromatic carbocycles. The van der Waals surface area contributed by atoms with E-state index < -0.39 is 15.5 Å². The molecule has 5 heteroatoms. The first kappa shape index (κ1) is 12.0. The molecular weight excluding hydrogens is 228 g/mol. The molecule has 4 nitrogen and oxygen atoms in total. The van der Waals surface area contributed by atoms with E-state index in [4.69, 9.17) is 4.55 Å². The summed E-state index contributed by atoms with van der Waals surface area (Å²) >= 11 is 0. The summed E-state index contributed by atoms with van der Waals surface area (Å²) in [6, 6.07) is 0. The van der Waals surface area contributed by atoms with Crippen LogP contribution in [0.4, 0.5) is 0 Å². The summed E-state index contributed by atoms with van der Waals surface area (Å²) in [7, 11) is -4.07. The molecule has 0 amide bonds. The third-order valence-corrected chi connectivity index (χ3v) is 5.15. The Labute approximate surface area is 96.2 Å². The van der Waals surface area contributed by atoms with E-state index in [-0.39, 0.29) is 17.5 Å². The van der Waals surface area contributed by atoms with E-state index in [0.29, 0.717) is 24.7 Å². The van der Waals surface area contributed by atoms with Gasteiger partial charge in [-0.05, 0) is 30.6 Å². The number of rotatable bonds is 3. The first-order valence-electron chi connectivity index (χ1n) is 5.75. The maximum Gasteiger partial charge on any atom is 0.265 e. The highest BCUT2D eigenvalue weighted by molar-refractivity contribution is 7.85. The number of carbonyl (C=O) groups excluding carboxylic acids is 1. The van der Waals surface area contributed by atoms with Gasteiger partial charge in [-0.3, -0.25) is 9.35 Å². The molecular formula is C11H18O4S. The zero-order valence-electron chi connectivity index (χ0n) is 9.64. The van der Waals surface area contributed by atoms with Crippen molar-refractivity contribution in [2.45, 2.75) is 33.1 Å². The van der Waals surface area contributed by atoms with Gasteiger partial charge >= 0.3 is 0 Å². The van der Waals surface area contributed by atoms with Gasteiger partial charge in [-0.1, -0.05) is 13.8 Å². The van der Waals surface area contributed by atoms with Crippen LogP contribution in [0.5, 0.6) is 0 Å². The summed E-state index contributed by atoms with van der Waals surface area (Å²) in [5.74, 6) is 0.412. The third-order valence-electron chi connectivity index (χ3n) is 4.27. The van der Waals surface area contributed by atoms with E-state index in [1.807, 2.05) is 13.8 Å². The Morgan fingerprint density at radius 3 is 2.56 bits per heavy atom. The molecule has 2 aliphatic rings. The van der Waals surface area contributed by atoms with Crippen molar-refractivity contribution in [3.8, 4) is 0 Å². The molecule has 2 fully saturated rings. The van der Waals surface area contributed by atoms with Crippen molar-refractivity contribution < 1.29 is 17.8 Å². The lowest BCUT2D eigenvalue weighted by atomic mass is 9.75. The van der Waals surface area contributed by atoms with E-state index in [1.54, 1.807) is 0 Å². The summed E-state index contributed by atoms with van der Waals surface area (Å²) in [5, 5.41) is 0. The van der Waals surface area contributed by atoms with Gasteiger partial charge in [-0.25, -0.2) is 0 Å². The molecule has 0 aromatic rings. The van der Waals surface area contributed by atoms with Crippen LogP contribution < -0.4 is 0 Å². The fourth-order valence-electron chi connectivity index (χ4n) is 3.99. The molecule has 2 unspecified atom stereocenters.